The van der Waals surface area contributed by atoms with E-state index >= 15 is 0 Å². The second kappa shape index (κ2) is 4.02. The average molecular weight is 224 g/mol. The molecule has 4 saturated carbocycles. The SMILES string of the molecule is CC(OC=O)OC1C2CC3CC(C2)CC1C3. The van der Waals surface area contributed by atoms with Gasteiger partial charge in [-0.05, 0) is 62.7 Å². The van der Waals surface area contributed by atoms with E-state index in [4.69, 9.17) is 9.47 Å². The van der Waals surface area contributed by atoms with E-state index in [2.05, 4.69) is 0 Å². The van der Waals surface area contributed by atoms with E-state index in [1.165, 1.54) is 32.1 Å². The Labute approximate surface area is 96.5 Å². The fraction of sp³-hybridized carbons (Fsp3) is 0.923. The molecule has 3 nitrogen and oxygen atoms in total. The fourth-order valence-electron chi connectivity index (χ4n) is 4.43. The molecule has 4 aliphatic carbocycles. The Morgan fingerprint density at radius 2 is 1.62 bits per heavy atom. The lowest BCUT2D eigenvalue weighted by Crippen LogP contribution is -2.50. The Morgan fingerprint density at radius 1 is 1.06 bits per heavy atom. The van der Waals surface area contributed by atoms with Crippen molar-refractivity contribution >= 4 is 6.47 Å². The lowest BCUT2D eigenvalue weighted by molar-refractivity contribution is -0.211. The minimum Gasteiger partial charge on any atom is -0.438 e. The van der Waals surface area contributed by atoms with E-state index in [0.717, 1.165) is 23.7 Å². The maximum Gasteiger partial charge on any atom is 0.295 e. The van der Waals surface area contributed by atoms with Crippen molar-refractivity contribution in [3.8, 4) is 0 Å². The van der Waals surface area contributed by atoms with Crippen molar-refractivity contribution in [2.24, 2.45) is 23.7 Å². The van der Waals surface area contributed by atoms with Crippen LogP contribution >= 0.6 is 0 Å². The highest BCUT2D eigenvalue weighted by molar-refractivity contribution is 5.37. The molecule has 4 bridgehead atoms. The minimum atomic E-state index is -0.375. The Hall–Kier alpha value is -0.570. The van der Waals surface area contributed by atoms with Gasteiger partial charge in [0.1, 0.15) is 0 Å². The Morgan fingerprint density at radius 3 is 2.12 bits per heavy atom. The van der Waals surface area contributed by atoms with Gasteiger partial charge in [-0.2, -0.15) is 0 Å². The van der Waals surface area contributed by atoms with Gasteiger partial charge in [-0.1, -0.05) is 0 Å². The first-order chi connectivity index (χ1) is 7.76. The molecule has 0 aliphatic heterocycles. The van der Waals surface area contributed by atoms with E-state index in [0.29, 0.717) is 12.6 Å². The van der Waals surface area contributed by atoms with Crippen LogP contribution in [0.4, 0.5) is 0 Å². The predicted octanol–water partition coefficient (Wildman–Crippen LogP) is 2.35. The van der Waals surface area contributed by atoms with Crippen molar-refractivity contribution in [2.45, 2.75) is 51.4 Å². The average Bonchev–Trinajstić information content (AvgIpc) is 2.23. The first kappa shape index (κ1) is 10.6. The van der Waals surface area contributed by atoms with Gasteiger partial charge in [0.2, 0.25) is 0 Å². The third-order valence-corrected chi connectivity index (χ3v) is 4.74. The smallest absolute Gasteiger partial charge is 0.295 e. The maximum atomic E-state index is 10.3. The van der Waals surface area contributed by atoms with Gasteiger partial charge in [-0.15, -0.1) is 0 Å². The largest absolute Gasteiger partial charge is 0.438 e. The summed E-state index contributed by atoms with van der Waals surface area (Å²) in [5.41, 5.74) is 0. The van der Waals surface area contributed by atoms with Gasteiger partial charge in [-0.25, -0.2) is 0 Å². The molecule has 0 radical (unpaired) electrons. The Kier molecular flexibility index (Phi) is 2.66. The van der Waals surface area contributed by atoms with Crippen LogP contribution < -0.4 is 0 Å². The molecule has 0 N–H and O–H groups in total. The first-order valence-electron chi connectivity index (χ1n) is 6.51. The number of rotatable bonds is 4. The topological polar surface area (TPSA) is 35.5 Å². The van der Waals surface area contributed by atoms with Gasteiger partial charge in [-0.3, -0.25) is 4.79 Å². The van der Waals surface area contributed by atoms with Gasteiger partial charge < -0.3 is 9.47 Å². The molecular weight excluding hydrogens is 204 g/mol. The second-order valence-corrected chi connectivity index (χ2v) is 5.83. The van der Waals surface area contributed by atoms with Crippen molar-refractivity contribution in [3.63, 3.8) is 0 Å². The molecule has 1 unspecified atom stereocenters. The van der Waals surface area contributed by atoms with E-state index in [1.54, 1.807) is 0 Å². The van der Waals surface area contributed by atoms with Crippen LogP contribution in [0, 0.1) is 23.7 Å². The van der Waals surface area contributed by atoms with Crippen LogP contribution in [-0.4, -0.2) is 18.9 Å². The summed E-state index contributed by atoms with van der Waals surface area (Å²) in [6, 6.07) is 0. The molecule has 90 valence electrons. The maximum absolute atomic E-state index is 10.3. The highest BCUT2D eigenvalue weighted by Gasteiger charge is 2.49. The number of ether oxygens (including phenoxy) is 2. The quantitative estimate of drug-likeness (QED) is 0.543. The van der Waals surface area contributed by atoms with Crippen LogP contribution in [0.1, 0.15) is 39.0 Å². The van der Waals surface area contributed by atoms with Crippen molar-refractivity contribution in [1.29, 1.82) is 0 Å². The normalized spacial score (nSPS) is 46.7. The van der Waals surface area contributed by atoms with E-state index in [9.17, 15) is 4.79 Å². The zero-order chi connectivity index (χ0) is 11.1. The summed E-state index contributed by atoms with van der Waals surface area (Å²) in [7, 11) is 0. The molecule has 1 atom stereocenters. The van der Waals surface area contributed by atoms with E-state index in [-0.39, 0.29) is 6.29 Å². The fourth-order valence-corrected chi connectivity index (χ4v) is 4.43. The Bertz CT molecular complexity index is 248. The number of hydrogen-bond donors (Lipinski definition) is 0. The molecule has 3 heteroatoms. The summed E-state index contributed by atoms with van der Waals surface area (Å²) in [6.45, 7) is 2.31. The lowest BCUT2D eigenvalue weighted by atomic mass is 9.55. The summed E-state index contributed by atoms with van der Waals surface area (Å²) < 4.78 is 10.8. The summed E-state index contributed by atoms with van der Waals surface area (Å²) in [5, 5.41) is 0. The molecule has 0 heterocycles. The molecule has 0 spiro atoms. The van der Waals surface area contributed by atoms with Crippen LogP contribution in [0.15, 0.2) is 0 Å². The molecule has 0 aromatic rings. The van der Waals surface area contributed by atoms with Crippen LogP contribution in [0.2, 0.25) is 0 Å². The highest BCUT2D eigenvalue weighted by atomic mass is 16.7. The zero-order valence-electron chi connectivity index (χ0n) is 9.80. The molecule has 16 heavy (non-hydrogen) atoms. The Balaban J connectivity index is 1.65. The molecule has 4 aliphatic rings. The van der Waals surface area contributed by atoms with Crippen LogP contribution in [0.3, 0.4) is 0 Å². The predicted molar refractivity (Wildman–Crippen MR) is 58.5 cm³/mol. The second-order valence-electron chi connectivity index (χ2n) is 5.83. The first-order valence-corrected chi connectivity index (χ1v) is 6.51. The number of carbonyl (C=O) groups is 1. The van der Waals surface area contributed by atoms with E-state index < -0.39 is 0 Å². The van der Waals surface area contributed by atoms with Crippen molar-refractivity contribution in [3.05, 3.63) is 0 Å². The third-order valence-electron chi connectivity index (χ3n) is 4.74. The molecule has 4 rings (SSSR count). The van der Waals surface area contributed by atoms with Crippen LogP contribution in [-0.2, 0) is 14.3 Å². The van der Waals surface area contributed by atoms with Gasteiger partial charge in [0.15, 0.2) is 6.29 Å². The van der Waals surface area contributed by atoms with E-state index in [1.807, 2.05) is 6.92 Å². The molecule has 0 aromatic heterocycles. The van der Waals surface area contributed by atoms with Crippen molar-refractivity contribution in [1.82, 2.24) is 0 Å². The summed E-state index contributed by atoms with van der Waals surface area (Å²) >= 11 is 0. The number of hydrogen-bond acceptors (Lipinski definition) is 3. The van der Waals surface area contributed by atoms with Crippen molar-refractivity contribution < 1.29 is 14.3 Å². The molecular formula is C13H20O3. The van der Waals surface area contributed by atoms with Crippen LogP contribution in [0.5, 0.6) is 0 Å². The highest BCUT2D eigenvalue weighted by Crippen LogP contribution is 2.54. The standard InChI is InChI=1S/C13H20O3/c1-8(15-7-14)16-13-11-3-9-2-10(5-11)6-12(13)4-9/h7-13H,2-6H2,1H3. The summed E-state index contributed by atoms with van der Waals surface area (Å²) in [4.78, 5) is 10.3. The number of carbonyl (C=O) groups excluding carboxylic acids is 1. The van der Waals surface area contributed by atoms with Crippen LogP contribution in [0.25, 0.3) is 0 Å². The molecule has 0 amide bonds. The summed E-state index contributed by atoms with van der Waals surface area (Å²) in [5.74, 6) is 3.39. The monoisotopic (exact) mass is 224 g/mol. The van der Waals surface area contributed by atoms with Gasteiger partial charge >= 0.3 is 0 Å². The minimum absolute atomic E-state index is 0.350. The van der Waals surface area contributed by atoms with Gasteiger partial charge in [0.25, 0.3) is 6.47 Å². The third kappa shape index (κ3) is 1.75. The molecule has 0 saturated heterocycles. The van der Waals surface area contributed by atoms with Gasteiger partial charge in [0, 0.05) is 0 Å². The zero-order valence-corrected chi connectivity index (χ0v) is 9.80. The molecule has 4 fully saturated rings. The van der Waals surface area contributed by atoms with Gasteiger partial charge in [0.05, 0.1) is 6.10 Å². The lowest BCUT2D eigenvalue weighted by Gasteiger charge is -2.54. The molecule has 0 aromatic carbocycles. The van der Waals surface area contributed by atoms with Crippen molar-refractivity contribution in [2.75, 3.05) is 0 Å². The summed E-state index contributed by atoms with van der Waals surface area (Å²) in [6.07, 6.45) is 6.79.